The molecule has 0 spiro atoms. The molecule has 150 valence electrons. The number of aryl methyl sites for hydroxylation is 1. The maximum absolute atomic E-state index is 13.3. The molecule has 1 aliphatic heterocycles. The number of amides is 2. The highest BCUT2D eigenvalue weighted by Gasteiger charge is 2.34. The first kappa shape index (κ1) is 20.9. The summed E-state index contributed by atoms with van der Waals surface area (Å²) in [6.07, 6.45) is 1.65. The highest BCUT2D eigenvalue weighted by Crippen LogP contribution is 2.39. The van der Waals surface area contributed by atoms with Gasteiger partial charge in [-0.2, -0.15) is 0 Å². The molecule has 0 bridgehead atoms. The summed E-state index contributed by atoms with van der Waals surface area (Å²) < 4.78 is 0. The van der Waals surface area contributed by atoms with Crippen LogP contribution < -0.4 is 0 Å². The van der Waals surface area contributed by atoms with Crippen molar-refractivity contribution in [2.24, 2.45) is 0 Å². The summed E-state index contributed by atoms with van der Waals surface area (Å²) in [5.74, 6) is -0.207. The van der Waals surface area contributed by atoms with Crippen molar-refractivity contribution >= 4 is 34.8 Å². The molecule has 0 saturated heterocycles. The summed E-state index contributed by atoms with van der Waals surface area (Å²) in [5, 5.41) is 1.47. The van der Waals surface area contributed by atoms with Crippen molar-refractivity contribution in [3.63, 3.8) is 0 Å². The van der Waals surface area contributed by atoms with Crippen molar-refractivity contribution in [3.8, 4) is 0 Å². The molecule has 0 aliphatic carbocycles. The topological polar surface area (TPSA) is 40.6 Å². The first-order valence-corrected chi connectivity index (χ1v) is 11.1. The van der Waals surface area contributed by atoms with Gasteiger partial charge in [0.15, 0.2) is 0 Å². The normalized spacial score (nSPS) is 17.1. The standard InChI is InChI=1S/C22H27ClN2O2S/c1-4-11-24(22(27)16(3)23)14-20(26)25-12-9-19-18(10-13-28-19)21(25)17-8-6-5-7-15(17)2/h5-8,10,13,16,21H,4,9,11-12,14H2,1-3H3/t16-,21+/m0/s1. The largest absolute Gasteiger partial charge is 0.332 e. The molecular weight excluding hydrogens is 392 g/mol. The molecule has 28 heavy (non-hydrogen) atoms. The van der Waals surface area contributed by atoms with Crippen LogP contribution in [0.15, 0.2) is 35.7 Å². The highest BCUT2D eigenvalue weighted by molar-refractivity contribution is 7.10. The molecule has 0 unspecified atom stereocenters. The van der Waals surface area contributed by atoms with Crippen molar-refractivity contribution < 1.29 is 9.59 Å². The quantitative estimate of drug-likeness (QED) is 0.652. The second-order valence-electron chi connectivity index (χ2n) is 7.27. The van der Waals surface area contributed by atoms with E-state index >= 15 is 0 Å². The molecule has 0 fully saturated rings. The van der Waals surface area contributed by atoms with Crippen LogP contribution in [0.4, 0.5) is 0 Å². The zero-order valence-corrected chi connectivity index (χ0v) is 18.2. The summed E-state index contributed by atoms with van der Waals surface area (Å²) in [6.45, 7) is 7.01. The van der Waals surface area contributed by atoms with E-state index in [-0.39, 0.29) is 24.4 Å². The predicted molar refractivity (Wildman–Crippen MR) is 115 cm³/mol. The molecule has 6 heteroatoms. The summed E-state index contributed by atoms with van der Waals surface area (Å²) in [4.78, 5) is 30.6. The fourth-order valence-corrected chi connectivity index (χ4v) is 4.90. The van der Waals surface area contributed by atoms with Gasteiger partial charge in [0.2, 0.25) is 11.8 Å². The van der Waals surface area contributed by atoms with E-state index in [0.29, 0.717) is 13.1 Å². The van der Waals surface area contributed by atoms with E-state index in [1.165, 1.54) is 16.0 Å². The highest BCUT2D eigenvalue weighted by atomic mass is 35.5. The molecule has 2 aromatic rings. The van der Waals surface area contributed by atoms with Gasteiger partial charge in [0.1, 0.15) is 5.38 Å². The summed E-state index contributed by atoms with van der Waals surface area (Å²) in [5.41, 5.74) is 3.52. The number of hydrogen-bond acceptors (Lipinski definition) is 3. The summed E-state index contributed by atoms with van der Waals surface area (Å²) >= 11 is 7.77. The maximum Gasteiger partial charge on any atom is 0.242 e. The van der Waals surface area contributed by atoms with Crippen LogP contribution in [-0.2, 0) is 16.0 Å². The van der Waals surface area contributed by atoms with Gasteiger partial charge in [0.25, 0.3) is 0 Å². The smallest absolute Gasteiger partial charge is 0.242 e. The molecular formula is C22H27ClN2O2S. The number of nitrogens with zero attached hydrogens (tertiary/aromatic N) is 2. The van der Waals surface area contributed by atoms with Crippen molar-refractivity contribution in [1.29, 1.82) is 0 Å². The Hall–Kier alpha value is -1.85. The fourth-order valence-electron chi connectivity index (χ4n) is 3.86. The number of halogens is 1. The van der Waals surface area contributed by atoms with Crippen LogP contribution in [0.3, 0.4) is 0 Å². The average Bonchev–Trinajstić information content (AvgIpc) is 3.15. The second-order valence-corrected chi connectivity index (χ2v) is 8.93. The average molecular weight is 419 g/mol. The third-order valence-electron chi connectivity index (χ3n) is 5.24. The van der Waals surface area contributed by atoms with E-state index in [2.05, 4.69) is 30.5 Å². The molecule has 2 atom stereocenters. The number of fused-ring (bicyclic) bond motifs is 1. The van der Waals surface area contributed by atoms with Crippen molar-refractivity contribution in [2.75, 3.05) is 19.6 Å². The minimum Gasteiger partial charge on any atom is -0.332 e. The maximum atomic E-state index is 13.3. The summed E-state index contributed by atoms with van der Waals surface area (Å²) in [6, 6.07) is 10.3. The Morgan fingerprint density at radius 2 is 2.04 bits per heavy atom. The third-order valence-corrected chi connectivity index (χ3v) is 6.42. The van der Waals surface area contributed by atoms with Gasteiger partial charge in [-0.25, -0.2) is 0 Å². The number of carbonyl (C=O) groups excluding carboxylic acids is 2. The number of alkyl halides is 1. The van der Waals surface area contributed by atoms with E-state index in [1.807, 2.05) is 24.0 Å². The summed E-state index contributed by atoms with van der Waals surface area (Å²) in [7, 11) is 0. The lowest BCUT2D eigenvalue weighted by Gasteiger charge is -2.38. The Morgan fingerprint density at radius 1 is 1.29 bits per heavy atom. The van der Waals surface area contributed by atoms with Crippen LogP contribution in [0.1, 0.15) is 47.9 Å². The predicted octanol–water partition coefficient (Wildman–Crippen LogP) is 4.40. The van der Waals surface area contributed by atoms with Crippen LogP contribution in [0.5, 0.6) is 0 Å². The SMILES string of the molecule is CCCN(CC(=O)N1CCc2sccc2[C@H]1c1ccccc1C)C(=O)[C@H](C)Cl. The fraction of sp³-hybridized carbons (Fsp3) is 0.455. The Labute approximate surface area is 176 Å². The number of carbonyl (C=O) groups is 2. The first-order chi connectivity index (χ1) is 13.4. The minimum absolute atomic E-state index is 0.0239. The van der Waals surface area contributed by atoms with Gasteiger partial charge in [-0.15, -0.1) is 22.9 Å². The molecule has 0 radical (unpaired) electrons. The lowest BCUT2D eigenvalue weighted by Crippen LogP contribution is -2.48. The van der Waals surface area contributed by atoms with Gasteiger partial charge >= 0.3 is 0 Å². The number of thiophene rings is 1. The molecule has 0 N–H and O–H groups in total. The molecule has 1 aromatic carbocycles. The zero-order valence-electron chi connectivity index (χ0n) is 16.7. The molecule has 2 amide bonds. The Bertz CT molecular complexity index is 849. The lowest BCUT2D eigenvalue weighted by atomic mass is 9.90. The van der Waals surface area contributed by atoms with Crippen LogP contribution in [0.2, 0.25) is 0 Å². The van der Waals surface area contributed by atoms with Gasteiger partial charge in [0, 0.05) is 18.0 Å². The van der Waals surface area contributed by atoms with Crippen molar-refractivity contribution in [2.45, 2.75) is 45.0 Å². The lowest BCUT2D eigenvalue weighted by molar-refractivity contribution is -0.141. The van der Waals surface area contributed by atoms with Crippen molar-refractivity contribution in [1.82, 2.24) is 9.80 Å². The number of hydrogen-bond donors (Lipinski definition) is 0. The minimum atomic E-state index is -0.628. The number of benzene rings is 1. The van der Waals surface area contributed by atoms with Crippen LogP contribution in [-0.4, -0.2) is 46.6 Å². The molecule has 0 saturated carbocycles. The monoisotopic (exact) mass is 418 g/mol. The Kier molecular flexibility index (Phi) is 6.78. The molecule has 4 nitrogen and oxygen atoms in total. The Balaban J connectivity index is 1.92. The number of rotatable bonds is 6. The third kappa shape index (κ3) is 4.26. The van der Waals surface area contributed by atoms with Gasteiger partial charge in [-0.05, 0) is 54.8 Å². The molecule has 2 heterocycles. The van der Waals surface area contributed by atoms with Crippen molar-refractivity contribution in [3.05, 3.63) is 57.3 Å². The van der Waals surface area contributed by atoms with E-state index in [0.717, 1.165) is 18.4 Å². The first-order valence-electron chi connectivity index (χ1n) is 9.78. The van der Waals surface area contributed by atoms with Gasteiger partial charge < -0.3 is 9.80 Å². The van der Waals surface area contributed by atoms with Crippen LogP contribution in [0.25, 0.3) is 0 Å². The second kappa shape index (κ2) is 9.10. The van der Waals surface area contributed by atoms with Gasteiger partial charge in [0.05, 0.1) is 12.6 Å². The van der Waals surface area contributed by atoms with E-state index in [4.69, 9.17) is 11.6 Å². The van der Waals surface area contributed by atoms with Gasteiger partial charge in [-0.3, -0.25) is 9.59 Å². The molecule has 3 rings (SSSR count). The molecule has 1 aliphatic rings. The Morgan fingerprint density at radius 3 is 2.71 bits per heavy atom. The van der Waals surface area contributed by atoms with Crippen LogP contribution in [0, 0.1) is 6.92 Å². The van der Waals surface area contributed by atoms with E-state index < -0.39 is 5.38 Å². The van der Waals surface area contributed by atoms with E-state index in [9.17, 15) is 9.59 Å². The van der Waals surface area contributed by atoms with Gasteiger partial charge in [-0.1, -0.05) is 31.2 Å². The van der Waals surface area contributed by atoms with Crippen LogP contribution >= 0.6 is 22.9 Å². The van der Waals surface area contributed by atoms with E-state index in [1.54, 1.807) is 23.2 Å². The zero-order chi connectivity index (χ0) is 20.3. The molecule has 1 aromatic heterocycles.